The number of aryl methyl sites for hydroxylation is 1. The van der Waals surface area contributed by atoms with E-state index in [0.717, 1.165) is 15.7 Å². The van der Waals surface area contributed by atoms with Gasteiger partial charge in [0.25, 0.3) is 0 Å². The molecule has 0 radical (unpaired) electrons. The van der Waals surface area contributed by atoms with Crippen LogP contribution in [-0.2, 0) is 9.59 Å². The molecule has 2 N–H and O–H groups in total. The molecule has 6 heteroatoms. The molecule has 5 nitrogen and oxygen atoms in total. The van der Waals surface area contributed by atoms with E-state index in [2.05, 4.69) is 21.2 Å². The highest BCUT2D eigenvalue weighted by atomic mass is 79.9. The smallest absolute Gasteiger partial charge is 0.306 e. The number of nitrogens with zero attached hydrogens (tertiary/aromatic N) is 1. The van der Waals surface area contributed by atoms with E-state index in [-0.39, 0.29) is 11.8 Å². The molecule has 0 atom stereocenters. The number of benzene rings is 1. The number of hydrogen-bond acceptors (Lipinski definition) is 3. The van der Waals surface area contributed by atoms with Gasteiger partial charge < -0.3 is 10.4 Å². The van der Waals surface area contributed by atoms with Crippen LogP contribution in [0, 0.1) is 12.8 Å². The van der Waals surface area contributed by atoms with Crippen LogP contribution in [0.5, 0.6) is 0 Å². The fourth-order valence-electron chi connectivity index (χ4n) is 2.46. The van der Waals surface area contributed by atoms with Crippen molar-refractivity contribution in [1.82, 2.24) is 4.90 Å². The van der Waals surface area contributed by atoms with Gasteiger partial charge in [-0.3, -0.25) is 14.5 Å². The predicted octanol–water partition coefficient (Wildman–Crippen LogP) is 2.49. The molecule has 1 aromatic rings. The molecule has 0 unspecified atom stereocenters. The lowest BCUT2D eigenvalue weighted by Gasteiger charge is -2.29. The Labute approximate surface area is 132 Å². The zero-order valence-corrected chi connectivity index (χ0v) is 13.5. The molecule has 0 aliphatic carbocycles. The molecular weight excluding hydrogens is 336 g/mol. The van der Waals surface area contributed by atoms with Gasteiger partial charge in [0.05, 0.1) is 12.5 Å². The van der Waals surface area contributed by atoms with Gasteiger partial charge in [0, 0.05) is 10.2 Å². The number of carbonyl (C=O) groups excluding carboxylic acids is 1. The van der Waals surface area contributed by atoms with Crippen LogP contribution < -0.4 is 5.32 Å². The molecule has 114 valence electrons. The van der Waals surface area contributed by atoms with Crippen molar-refractivity contribution in [3.63, 3.8) is 0 Å². The monoisotopic (exact) mass is 354 g/mol. The van der Waals surface area contributed by atoms with Crippen molar-refractivity contribution in [1.29, 1.82) is 0 Å². The topological polar surface area (TPSA) is 69.6 Å². The molecule has 1 fully saturated rings. The van der Waals surface area contributed by atoms with Crippen molar-refractivity contribution in [3.8, 4) is 0 Å². The molecule has 1 heterocycles. The number of piperidine rings is 1. The van der Waals surface area contributed by atoms with Crippen LogP contribution in [-0.4, -0.2) is 41.5 Å². The number of likely N-dealkylation sites (tertiary alicyclic amines) is 1. The van der Waals surface area contributed by atoms with Gasteiger partial charge >= 0.3 is 5.97 Å². The number of nitrogens with one attached hydrogen (secondary N) is 1. The number of aliphatic carboxylic acids is 1. The number of hydrogen-bond donors (Lipinski definition) is 2. The van der Waals surface area contributed by atoms with Crippen LogP contribution >= 0.6 is 15.9 Å². The van der Waals surface area contributed by atoms with E-state index in [1.165, 1.54) is 0 Å². The summed E-state index contributed by atoms with van der Waals surface area (Å²) in [6.07, 6.45) is 1.22. The van der Waals surface area contributed by atoms with Crippen molar-refractivity contribution in [2.75, 3.05) is 25.0 Å². The number of rotatable bonds is 4. The van der Waals surface area contributed by atoms with Crippen LogP contribution in [0.4, 0.5) is 5.69 Å². The zero-order chi connectivity index (χ0) is 15.4. The summed E-state index contributed by atoms with van der Waals surface area (Å²) in [6, 6.07) is 5.67. The highest BCUT2D eigenvalue weighted by Gasteiger charge is 2.25. The first-order valence-electron chi connectivity index (χ1n) is 6.97. The largest absolute Gasteiger partial charge is 0.481 e. The number of carbonyl (C=O) groups is 2. The SMILES string of the molecule is Cc1cc(NC(=O)CN2CCC(C(=O)O)CC2)ccc1Br. The number of carboxylic acid groups (broad SMARTS) is 1. The second-order valence-corrected chi connectivity index (χ2v) is 6.26. The molecule has 0 bridgehead atoms. The van der Waals surface area contributed by atoms with Gasteiger partial charge in [-0.1, -0.05) is 15.9 Å². The Morgan fingerprint density at radius 1 is 1.38 bits per heavy atom. The van der Waals surface area contributed by atoms with E-state index < -0.39 is 5.97 Å². The average molecular weight is 355 g/mol. The summed E-state index contributed by atoms with van der Waals surface area (Å²) in [6.45, 7) is 3.59. The maximum atomic E-state index is 12.0. The maximum absolute atomic E-state index is 12.0. The lowest BCUT2D eigenvalue weighted by molar-refractivity contribution is -0.143. The highest BCUT2D eigenvalue weighted by Crippen LogP contribution is 2.20. The third-order valence-electron chi connectivity index (χ3n) is 3.75. The third-order valence-corrected chi connectivity index (χ3v) is 4.64. The van der Waals surface area contributed by atoms with E-state index in [0.29, 0.717) is 32.5 Å². The molecule has 1 aromatic carbocycles. The summed E-state index contributed by atoms with van der Waals surface area (Å²) in [5.74, 6) is -1.06. The first kappa shape index (κ1) is 16.0. The quantitative estimate of drug-likeness (QED) is 0.871. The number of carboxylic acids is 1. The Hall–Kier alpha value is -1.40. The summed E-state index contributed by atoms with van der Waals surface area (Å²) in [4.78, 5) is 24.9. The lowest BCUT2D eigenvalue weighted by atomic mass is 9.97. The summed E-state index contributed by atoms with van der Waals surface area (Å²) in [5, 5.41) is 11.8. The average Bonchev–Trinajstić information content (AvgIpc) is 2.43. The standard InChI is InChI=1S/C15H19BrN2O3/c1-10-8-12(2-3-13(10)16)17-14(19)9-18-6-4-11(5-7-18)15(20)21/h2-3,8,11H,4-7,9H2,1H3,(H,17,19)(H,20,21). The molecular formula is C15H19BrN2O3. The summed E-state index contributed by atoms with van der Waals surface area (Å²) >= 11 is 3.42. The summed E-state index contributed by atoms with van der Waals surface area (Å²) < 4.78 is 1.01. The van der Waals surface area contributed by atoms with E-state index in [4.69, 9.17) is 5.11 Å². The van der Waals surface area contributed by atoms with E-state index in [9.17, 15) is 9.59 Å². The lowest BCUT2D eigenvalue weighted by Crippen LogP contribution is -2.40. The highest BCUT2D eigenvalue weighted by molar-refractivity contribution is 9.10. The van der Waals surface area contributed by atoms with Gasteiger partial charge in [0.2, 0.25) is 5.91 Å². The van der Waals surface area contributed by atoms with Crippen molar-refractivity contribution < 1.29 is 14.7 Å². The van der Waals surface area contributed by atoms with Crippen LogP contribution in [0.2, 0.25) is 0 Å². The molecule has 1 amide bonds. The number of anilines is 1. The predicted molar refractivity (Wildman–Crippen MR) is 84.3 cm³/mol. The number of amides is 1. The number of halogens is 1. The molecule has 21 heavy (non-hydrogen) atoms. The molecule has 2 rings (SSSR count). The Morgan fingerprint density at radius 3 is 2.62 bits per heavy atom. The van der Waals surface area contributed by atoms with Gasteiger partial charge in [0.15, 0.2) is 0 Å². The third kappa shape index (κ3) is 4.54. The van der Waals surface area contributed by atoms with Crippen molar-refractivity contribution in [2.45, 2.75) is 19.8 Å². The minimum absolute atomic E-state index is 0.0644. The van der Waals surface area contributed by atoms with Gasteiger partial charge in [-0.2, -0.15) is 0 Å². The molecule has 1 aliphatic rings. The Morgan fingerprint density at radius 2 is 2.05 bits per heavy atom. The van der Waals surface area contributed by atoms with Crippen LogP contribution in [0.1, 0.15) is 18.4 Å². The normalized spacial score (nSPS) is 16.7. The van der Waals surface area contributed by atoms with Gasteiger partial charge in [-0.25, -0.2) is 0 Å². The van der Waals surface area contributed by atoms with Gasteiger partial charge in [-0.15, -0.1) is 0 Å². The van der Waals surface area contributed by atoms with E-state index in [1.807, 2.05) is 30.0 Å². The van der Waals surface area contributed by atoms with Crippen LogP contribution in [0.15, 0.2) is 22.7 Å². The first-order chi connectivity index (χ1) is 9.95. The summed E-state index contributed by atoms with van der Waals surface area (Å²) in [5.41, 5.74) is 1.84. The molecule has 1 saturated heterocycles. The maximum Gasteiger partial charge on any atom is 0.306 e. The van der Waals surface area contributed by atoms with Gasteiger partial charge in [0.1, 0.15) is 0 Å². The fraction of sp³-hybridized carbons (Fsp3) is 0.467. The molecule has 0 saturated carbocycles. The van der Waals surface area contributed by atoms with Crippen LogP contribution in [0.25, 0.3) is 0 Å². The fourth-order valence-corrected chi connectivity index (χ4v) is 2.71. The van der Waals surface area contributed by atoms with Crippen LogP contribution in [0.3, 0.4) is 0 Å². The van der Waals surface area contributed by atoms with E-state index >= 15 is 0 Å². The van der Waals surface area contributed by atoms with Crippen molar-refractivity contribution in [3.05, 3.63) is 28.2 Å². The Balaban J connectivity index is 1.82. The van der Waals surface area contributed by atoms with Gasteiger partial charge in [-0.05, 0) is 56.6 Å². The zero-order valence-electron chi connectivity index (χ0n) is 11.9. The Kier molecular flexibility index (Phi) is 5.36. The first-order valence-corrected chi connectivity index (χ1v) is 7.76. The Bertz CT molecular complexity index is 540. The second kappa shape index (κ2) is 7.04. The van der Waals surface area contributed by atoms with Crippen molar-refractivity contribution in [2.24, 2.45) is 5.92 Å². The molecule has 0 spiro atoms. The molecule has 0 aromatic heterocycles. The van der Waals surface area contributed by atoms with E-state index in [1.54, 1.807) is 0 Å². The molecule has 1 aliphatic heterocycles. The second-order valence-electron chi connectivity index (χ2n) is 5.40. The summed E-state index contributed by atoms with van der Waals surface area (Å²) in [7, 11) is 0. The minimum atomic E-state index is -0.732. The minimum Gasteiger partial charge on any atom is -0.481 e. The van der Waals surface area contributed by atoms with Crippen molar-refractivity contribution >= 4 is 33.5 Å².